The number of guanidine groups is 1. The van der Waals surface area contributed by atoms with E-state index in [0.717, 1.165) is 44.1 Å². The van der Waals surface area contributed by atoms with Gasteiger partial charge in [0.1, 0.15) is 0 Å². The van der Waals surface area contributed by atoms with E-state index < -0.39 is 0 Å². The third-order valence-corrected chi connectivity index (χ3v) is 4.03. The first-order valence-electron chi connectivity index (χ1n) is 7.29. The third-order valence-electron chi connectivity index (χ3n) is 4.03. The lowest BCUT2D eigenvalue weighted by molar-refractivity contribution is 0.0625. The minimum absolute atomic E-state index is 0.836. The van der Waals surface area contributed by atoms with Crippen LogP contribution in [0.25, 0.3) is 0 Å². The normalized spacial score (nSPS) is 22.0. The molecule has 0 aromatic rings. The Balaban J connectivity index is 1.65. The molecule has 0 aromatic carbocycles. The maximum Gasteiger partial charge on any atom is 0.193 e. The molecule has 18 heavy (non-hydrogen) atoms. The molecule has 0 amide bonds. The summed E-state index contributed by atoms with van der Waals surface area (Å²) in [6, 6.07) is 0. The molecule has 2 aliphatic rings. The fourth-order valence-corrected chi connectivity index (χ4v) is 2.46. The Hall–Kier alpha value is -0.770. The number of hydrogen-bond donors (Lipinski definition) is 1. The molecule has 1 saturated heterocycles. The number of nitrogens with zero attached hydrogens (tertiary/aromatic N) is 2. The van der Waals surface area contributed by atoms with Crippen molar-refractivity contribution >= 4 is 5.96 Å². The molecule has 0 unspecified atom stereocenters. The second kappa shape index (κ2) is 6.98. The first-order chi connectivity index (χ1) is 8.79. The first-order valence-corrected chi connectivity index (χ1v) is 7.29. The Labute approximate surface area is 111 Å². The van der Waals surface area contributed by atoms with Crippen LogP contribution < -0.4 is 5.32 Å². The van der Waals surface area contributed by atoms with E-state index in [9.17, 15) is 0 Å². The molecule has 1 heterocycles. The van der Waals surface area contributed by atoms with E-state index in [1.54, 1.807) is 0 Å². The smallest absolute Gasteiger partial charge is 0.193 e. The summed E-state index contributed by atoms with van der Waals surface area (Å²) in [6.45, 7) is 4.08. The minimum Gasteiger partial charge on any atom is -0.381 e. The molecular weight excluding hydrogens is 226 g/mol. The number of rotatable bonds is 5. The van der Waals surface area contributed by atoms with E-state index in [2.05, 4.69) is 22.3 Å². The van der Waals surface area contributed by atoms with Crippen LogP contribution in [-0.2, 0) is 4.74 Å². The Bertz CT molecular complexity index is 270. The van der Waals surface area contributed by atoms with Crippen molar-refractivity contribution in [3.05, 3.63) is 0 Å². The molecule has 0 bridgehead atoms. The van der Waals surface area contributed by atoms with Gasteiger partial charge in [-0.15, -0.1) is 0 Å². The zero-order valence-electron chi connectivity index (χ0n) is 11.8. The van der Waals surface area contributed by atoms with Crippen LogP contribution in [0.2, 0.25) is 0 Å². The van der Waals surface area contributed by atoms with Crippen molar-refractivity contribution in [2.24, 2.45) is 16.8 Å². The van der Waals surface area contributed by atoms with Crippen molar-refractivity contribution in [1.29, 1.82) is 0 Å². The predicted molar refractivity (Wildman–Crippen MR) is 74.9 cm³/mol. The van der Waals surface area contributed by atoms with Gasteiger partial charge in [-0.2, -0.15) is 0 Å². The lowest BCUT2D eigenvalue weighted by Gasteiger charge is -2.26. The van der Waals surface area contributed by atoms with E-state index >= 15 is 0 Å². The van der Waals surface area contributed by atoms with Gasteiger partial charge in [0.25, 0.3) is 0 Å². The summed E-state index contributed by atoms with van der Waals surface area (Å²) in [7, 11) is 4.02. The SMILES string of the molecule is CN=C(NCC1CC1)N(C)CCC1CCOCC1. The second-order valence-corrected chi connectivity index (χ2v) is 5.64. The van der Waals surface area contributed by atoms with Gasteiger partial charge in [0.2, 0.25) is 0 Å². The molecule has 2 rings (SSSR count). The lowest BCUT2D eigenvalue weighted by atomic mass is 9.96. The number of nitrogens with one attached hydrogen (secondary N) is 1. The van der Waals surface area contributed by atoms with Crippen LogP contribution in [0.1, 0.15) is 32.1 Å². The average Bonchev–Trinajstić information content (AvgIpc) is 3.22. The molecule has 104 valence electrons. The van der Waals surface area contributed by atoms with Gasteiger partial charge in [0.15, 0.2) is 5.96 Å². The van der Waals surface area contributed by atoms with Gasteiger partial charge in [0.05, 0.1) is 0 Å². The van der Waals surface area contributed by atoms with Crippen LogP contribution in [0.5, 0.6) is 0 Å². The molecule has 0 aromatic heterocycles. The van der Waals surface area contributed by atoms with Gasteiger partial charge in [-0.25, -0.2) is 0 Å². The van der Waals surface area contributed by atoms with Gasteiger partial charge < -0.3 is 15.0 Å². The van der Waals surface area contributed by atoms with Crippen molar-refractivity contribution < 1.29 is 4.74 Å². The molecule has 0 radical (unpaired) electrons. The Morgan fingerprint density at radius 2 is 1.94 bits per heavy atom. The van der Waals surface area contributed by atoms with Crippen molar-refractivity contribution in [3.63, 3.8) is 0 Å². The maximum atomic E-state index is 5.40. The highest BCUT2D eigenvalue weighted by atomic mass is 16.5. The monoisotopic (exact) mass is 253 g/mol. The van der Waals surface area contributed by atoms with E-state index in [1.165, 1.54) is 32.1 Å². The van der Waals surface area contributed by atoms with Crippen LogP contribution in [0.3, 0.4) is 0 Å². The molecule has 4 nitrogen and oxygen atoms in total. The molecular formula is C14H27N3O. The van der Waals surface area contributed by atoms with E-state index in [4.69, 9.17) is 4.74 Å². The predicted octanol–water partition coefficient (Wildman–Crippen LogP) is 1.72. The Morgan fingerprint density at radius 1 is 1.22 bits per heavy atom. The van der Waals surface area contributed by atoms with Crippen LogP contribution in [0, 0.1) is 11.8 Å². The standard InChI is InChI=1S/C14H27N3O/c1-15-14(16-11-13-3-4-13)17(2)8-5-12-6-9-18-10-7-12/h12-13H,3-11H2,1-2H3,(H,15,16). The molecule has 0 atom stereocenters. The summed E-state index contributed by atoms with van der Waals surface area (Å²) >= 11 is 0. The van der Waals surface area contributed by atoms with E-state index in [0.29, 0.717) is 0 Å². The highest BCUT2D eigenvalue weighted by Gasteiger charge is 2.22. The third kappa shape index (κ3) is 4.48. The minimum atomic E-state index is 0.836. The van der Waals surface area contributed by atoms with Gasteiger partial charge in [-0.05, 0) is 43.9 Å². The van der Waals surface area contributed by atoms with Gasteiger partial charge in [-0.1, -0.05) is 0 Å². The van der Waals surface area contributed by atoms with Crippen molar-refractivity contribution in [3.8, 4) is 0 Å². The van der Waals surface area contributed by atoms with Crippen LogP contribution >= 0.6 is 0 Å². The van der Waals surface area contributed by atoms with E-state index in [1.807, 2.05) is 7.05 Å². The Kier molecular flexibility index (Phi) is 5.29. The van der Waals surface area contributed by atoms with E-state index in [-0.39, 0.29) is 0 Å². The Morgan fingerprint density at radius 3 is 2.56 bits per heavy atom. The molecule has 1 N–H and O–H groups in total. The summed E-state index contributed by atoms with van der Waals surface area (Å²) in [5.74, 6) is 2.78. The molecule has 4 heteroatoms. The van der Waals surface area contributed by atoms with Gasteiger partial charge >= 0.3 is 0 Å². The topological polar surface area (TPSA) is 36.9 Å². The fourth-order valence-electron chi connectivity index (χ4n) is 2.46. The summed E-state index contributed by atoms with van der Waals surface area (Å²) in [5.41, 5.74) is 0. The molecule has 1 aliphatic heterocycles. The van der Waals surface area contributed by atoms with Crippen molar-refractivity contribution in [1.82, 2.24) is 10.2 Å². The zero-order valence-corrected chi connectivity index (χ0v) is 11.8. The summed E-state index contributed by atoms with van der Waals surface area (Å²) in [6.07, 6.45) is 6.47. The highest BCUT2D eigenvalue weighted by molar-refractivity contribution is 5.79. The zero-order chi connectivity index (χ0) is 12.8. The van der Waals surface area contributed by atoms with Gasteiger partial charge in [-0.3, -0.25) is 4.99 Å². The maximum absolute atomic E-state index is 5.40. The first kappa shape index (κ1) is 13.7. The van der Waals surface area contributed by atoms with Crippen LogP contribution in [0.15, 0.2) is 4.99 Å². The lowest BCUT2D eigenvalue weighted by Crippen LogP contribution is -2.40. The number of aliphatic imine (C=N–C) groups is 1. The fraction of sp³-hybridized carbons (Fsp3) is 0.929. The quantitative estimate of drug-likeness (QED) is 0.599. The molecule has 2 fully saturated rings. The van der Waals surface area contributed by atoms with Crippen LogP contribution in [0.4, 0.5) is 0 Å². The molecule has 1 aliphatic carbocycles. The molecule has 1 saturated carbocycles. The molecule has 0 spiro atoms. The van der Waals surface area contributed by atoms with Gasteiger partial charge in [0, 0.05) is 40.4 Å². The van der Waals surface area contributed by atoms with Crippen molar-refractivity contribution in [2.45, 2.75) is 32.1 Å². The summed E-state index contributed by atoms with van der Waals surface area (Å²) < 4.78 is 5.40. The summed E-state index contributed by atoms with van der Waals surface area (Å²) in [4.78, 5) is 6.62. The number of ether oxygens (including phenoxy) is 1. The van der Waals surface area contributed by atoms with Crippen molar-refractivity contribution in [2.75, 3.05) is 40.4 Å². The largest absolute Gasteiger partial charge is 0.381 e. The summed E-state index contributed by atoms with van der Waals surface area (Å²) in [5, 5.41) is 3.47. The number of hydrogen-bond acceptors (Lipinski definition) is 2. The van der Waals surface area contributed by atoms with Crippen LogP contribution in [-0.4, -0.2) is 51.3 Å². The average molecular weight is 253 g/mol. The second-order valence-electron chi connectivity index (χ2n) is 5.64. The highest BCUT2D eigenvalue weighted by Crippen LogP contribution is 2.27.